The molecule has 0 radical (unpaired) electrons. The number of carbonyl (C=O) groups excluding carboxylic acids is 2. The van der Waals surface area contributed by atoms with E-state index in [9.17, 15) is 9.59 Å². The van der Waals surface area contributed by atoms with Gasteiger partial charge in [0.1, 0.15) is 17.0 Å². The molecule has 2 amide bonds. The van der Waals surface area contributed by atoms with Gasteiger partial charge in [-0.1, -0.05) is 23.4 Å². The lowest BCUT2D eigenvalue weighted by Crippen LogP contribution is -2.42. The van der Waals surface area contributed by atoms with E-state index in [1.54, 1.807) is 44.2 Å². The van der Waals surface area contributed by atoms with Crippen LogP contribution in [0.4, 0.5) is 0 Å². The molecule has 0 saturated carbocycles. The molecule has 0 fully saturated rings. The lowest BCUT2D eigenvalue weighted by molar-refractivity contribution is 0.0846. The summed E-state index contributed by atoms with van der Waals surface area (Å²) in [7, 11) is 0. The van der Waals surface area contributed by atoms with Gasteiger partial charge in [-0.3, -0.25) is 20.4 Å². The molecule has 0 atom stereocenters. The minimum Gasteiger partial charge on any atom is -0.463 e. The number of rotatable bonds is 3. The van der Waals surface area contributed by atoms with Crippen molar-refractivity contribution >= 4 is 22.7 Å². The fourth-order valence-electron chi connectivity index (χ4n) is 2.96. The number of aromatic nitrogens is 2. The molecule has 140 valence electrons. The molecule has 8 nitrogen and oxygen atoms in total. The van der Waals surface area contributed by atoms with Crippen molar-refractivity contribution in [3.05, 3.63) is 71.3 Å². The van der Waals surface area contributed by atoms with E-state index >= 15 is 0 Å². The van der Waals surface area contributed by atoms with Gasteiger partial charge in [0, 0.05) is 5.39 Å². The molecular formula is C20H16N4O4. The van der Waals surface area contributed by atoms with Crippen molar-refractivity contribution in [2.45, 2.75) is 13.8 Å². The molecule has 3 heterocycles. The number of nitrogens with zero attached hydrogens (tertiary/aromatic N) is 2. The van der Waals surface area contributed by atoms with Crippen molar-refractivity contribution in [3.8, 4) is 11.5 Å². The van der Waals surface area contributed by atoms with Crippen LogP contribution in [0.2, 0.25) is 0 Å². The van der Waals surface area contributed by atoms with Crippen LogP contribution in [0.1, 0.15) is 32.2 Å². The first-order valence-electron chi connectivity index (χ1n) is 8.52. The van der Waals surface area contributed by atoms with E-state index in [0.29, 0.717) is 39.4 Å². The van der Waals surface area contributed by atoms with Gasteiger partial charge in [0.15, 0.2) is 5.76 Å². The zero-order valence-electron chi connectivity index (χ0n) is 15.1. The van der Waals surface area contributed by atoms with Crippen LogP contribution in [0.25, 0.3) is 22.4 Å². The first-order chi connectivity index (χ1) is 13.5. The maximum Gasteiger partial charge on any atom is 0.275 e. The van der Waals surface area contributed by atoms with E-state index in [0.717, 1.165) is 0 Å². The van der Waals surface area contributed by atoms with Crippen molar-refractivity contribution in [1.29, 1.82) is 0 Å². The number of carbonyl (C=O) groups is 2. The first kappa shape index (κ1) is 17.5. The third-order valence-corrected chi connectivity index (χ3v) is 4.28. The number of aryl methyl sites for hydroxylation is 2. The summed E-state index contributed by atoms with van der Waals surface area (Å²) in [5.41, 5.74) is 7.09. The summed E-state index contributed by atoms with van der Waals surface area (Å²) in [5, 5.41) is 4.39. The normalized spacial score (nSPS) is 10.8. The Bertz CT molecular complexity index is 1160. The van der Waals surface area contributed by atoms with Gasteiger partial charge in [-0.05, 0) is 38.1 Å². The summed E-state index contributed by atoms with van der Waals surface area (Å²) in [4.78, 5) is 29.7. The van der Waals surface area contributed by atoms with Gasteiger partial charge < -0.3 is 8.94 Å². The van der Waals surface area contributed by atoms with E-state index in [4.69, 9.17) is 8.94 Å². The van der Waals surface area contributed by atoms with Crippen LogP contribution in [0.15, 0.2) is 57.7 Å². The number of hydrogen-bond donors (Lipinski definition) is 2. The second kappa shape index (κ2) is 6.99. The summed E-state index contributed by atoms with van der Waals surface area (Å²) in [6, 6.07) is 12.4. The average molecular weight is 376 g/mol. The topological polar surface area (TPSA) is 110 Å². The highest BCUT2D eigenvalue weighted by molar-refractivity contribution is 6.08. The minimum absolute atomic E-state index is 0.288. The molecule has 2 N–H and O–H groups in total. The second-order valence-corrected chi connectivity index (χ2v) is 6.16. The van der Waals surface area contributed by atoms with Crippen LogP contribution in [0.3, 0.4) is 0 Å². The first-order valence-corrected chi connectivity index (χ1v) is 8.52. The van der Waals surface area contributed by atoms with E-state index in [2.05, 4.69) is 21.0 Å². The van der Waals surface area contributed by atoms with E-state index in [-0.39, 0.29) is 5.56 Å². The highest BCUT2D eigenvalue weighted by Gasteiger charge is 2.19. The summed E-state index contributed by atoms with van der Waals surface area (Å²) >= 11 is 0. The van der Waals surface area contributed by atoms with Crippen LogP contribution in [-0.2, 0) is 0 Å². The summed E-state index contributed by atoms with van der Waals surface area (Å²) in [6.07, 6.45) is 1.54. The molecule has 0 saturated heterocycles. The Balaban J connectivity index is 1.64. The molecule has 0 aliphatic heterocycles. The molecule has 0 bridgehead atoms. The van der Waals surface area contributed by atoms with Gasteiger partial charge in [0.25, 0.3) is 11.8 Å². The van der Waals surface area contributed by atoms with E-state index in [1.807, 2.05) is 12.1 Å². The summed E-state index contributed by atoms with van der Waals surface area (Å²) < 4.78 is 10.4. The molecule has 0 spiro atoms. The van der Waals surface area contributed by atoms with Crippen LogP contribution >= 0.6 is 0 Å². The smallest absolute Gasteiger partial charge is 0.275 e. The Hall–Kier alpha value is -3.94. The number of para-hydroxylation sites is 1. The Labute approximate surface area is 159 Å². The number of hydrazine groups is 1. The summed E-state index contributed by atoms with van der Waals surface area (Å²) in [5.74, 6) is -0.0704. The van der Waals surface area contributed by atoms with Gasteiger partial charge >= 0.3 is 0 Å². The number of pyridine rings is 1. The molecule has 0 aliphatic carbocycles. The molecular weight excluding hydrogens is 360 g/mol. The predicted octanol–water partition coefficient (Wildman–Crippen LogP) is 3.17. The van der Waals surface area contributed by atoms with Crippen molar-refractivity contribution in [1.82, 2.24) is 21.0 Å². The van der Waals surface area contributed by atoms with E-state index in [1.165, 1.54) is 6.26 Å². The molecule has 3 aromatic heterocycles. The molecule has 4 rings (SSSR count). The largest absolute Gasteiger partial charge is 0.463 e. The monoisotopic (exact) mass is 376 g/mol. The number of fused-ring (bicyclic) bond motifs is 1. The standard InChI is InChI=1S/C20H16N4O4/c1-11-18(12(2)28-24-11)20(26)23-22-19(25)14-10-16(17-8-5-9-27-17)21-15-7-4-3-6-13(14)15/h3-10H,1-2H3,(H,22,25)(H,23,26). The lowest BCUT2D eigenvalue weighted by Gasteiger charge is -2.10. The molecule has 0 unspecified atom stereocenters. The van der Waals surface area contributed by atoms with Crippen molar-refractivity contribution in [3.63, 3.8) is 0 Å². The van der Waals surface area contributed by atoms with Gasteiger partial charge in [0.05, 0.1) is 23.0 Å². The highest BCUT2D eigenvalue weighted by atomic mass is 16.5. The number of amides is 2. The maximum absolute atomic E-state index is 12.8. The van der Waals surface area contributed by atoms with Crippen LogP contribution in [0, 0.1) is 13.8 Å². The SMILES string of the molecule is Cc1noc(C)c1C(=O)NNC(=O)c1cc(-c2ccco2)nc2ccccc12. The van der Waals surface area contributed by atoms with Crippen LogP contribution in [-0.4, -0.2) is 22.0 Å². The number of hydrogen-bond acceptors (Lipinski definition) is 6. The van der Waals surface area contributed by atoms with Crippen LogP contribution < -0.4 is 10.9 Å². The minimum atomic E-state index is -0.505. The van der Waals surface area contributed by atoms with Gasteiger partial charge in [-0.2, -0.15) is 0 Å². The van der Waals surface area contributed by atoms with Gasteiger partial charge in [-0.15, -0.1) is 0 Å². The second-order valence-electron chi connectivity index (χ2n) is 6.16. The zero-order chi connectivity index (χ0) is 19.7. The average Bonchev–Trinajstić information content (AvgIpc) is 3.35. The highest BCUT2D eigenvalue weighted by Crippen LogP contribution is 2.25. The van der Waals surface area contributed by atoms with E-state index < -0.39 is 11.8 Å². The van der Waals surface area contributed by atoms with Gasteiger partial charge in [0.2, 0.25) is 0 Å². The van der Waals surface area contributed by atoms with Crippen molar-refractivity contribution < 1.29 is 18.5 Å². The third kappa shape index (κ3) is 3.11. The fraction of sp³-hybridized carbons (Fsp3) is 0.100. The number of benzene rings is 1. The molecule has 28 heavy (non-hydrogen) atoms. The van der Waals surface area contributed by atoms with Crippen molar-refractivity contribution in [2.75, 3.05) is 0 Å². The third-order valence-electron chi connectivity index (χ3n) is 4.28. The lowest BCUT2D eigenvalue weighted by atomic mass is 10.1. The number of nitrogens with one attached hydrogen (secondary N) is 2. The molecule has 4 aromatic rings. The Morgan fingerprint density at radius 2 is 1.79 bits per heavy atom. The Morgan fingerprint density at radius 3 is 2.50 bits per heavy atom. The molecule has 1 aromatic carbocycles. The number of furan rings is 1. The zero-order valence-corrected chi connectivity index (χ0v) is 15.1. The Morgan fingerprint density at radius 1 is 1.00 bits per heavy atom. The predicted molar refractivity (Wildman–Crippen MR) is 100 cm³/mol. The van der Waals surface area contributed by atoms with Crippen molar-refractivity contribution in [2.24, 2.45) is 0 Å². The summed E-state index contributed by atoms with van der Waals surface area (Å²) in [6.45, 7) is 3.28. The fourth-order valence-corrected chi connectivity index (χ4v) is 2.96. The maximum atomic E-state index is 12.8. The molecule has 8 heteroatoms. The quantitative estimate of drug-likeness (QED) is 0.532. The Kier molecular flexibility index (Phi) is 4.36. The molecule has 0 aliphatic rings. The van der Waals surface area contributed by atoms with Crippen LogP contribution in [0.5, 0.6) is 0 Å². The van der Waals surface area contributed by atoms with Gasteiger partial charge in [-0.25, -0.2) is 4.98 Å².